The zero-order valence-corrected chi connectivity index (χ0v) is 24.4. The minimum Gasteiger partial charge on any atom is -0.497 e. The Hall–Kier alpha value is -5.06. The molecule has 0 aliphatic rings. The second-order valence-electron chi connectivity index (χ2n) is 10.2. The van der Waals surface area contributed by atoms with Gasteiger partial charge in [-0.1, -0.05) is 60.2 Å². The first-order chi connectivity index (χ1) is 21.1. The van der Waals surface area contributed by atoms with Crippen molar-refractivity contribution in [3.05, 3.63) is 125 Å². The normalized spacial score (nSPS) is 11.3. The second kappa shape index (κ2) is 13.1. The van der Waals surface area contributed by atoms with E-state index in [0.29, 0.717) is 30.9 Å². The molecular weight excluding hydrogens is 574 g/mol. The fourth-order valence-corrected chi connectivity index (χ4v) is 4.66. The van der Waals surface area contributed by atoms with Crippen molar-refractivity contribution in [3.8, 4) is 11.5 Å². The van der Waals surface area contributed by atoms with Crippen LogP contribution in [0.15, 0.2) is 91.0 Å². The maximum atomic E-state index is 14.9. The van der Waals surface area contributed by atoms with Gasteiger partial charge < -0.3 is 19.7 Å². The third-order valence-electron chi connectivity index (χ3n) is 7.00. The van der Waals surface area contributed by atoms with Crippen LogP contribution in [-0.2, 0) is 25.8 Å². The fraction of sp³-hybridized carbons (Fsp3) is 0.212. The van der Waals surface area contributed by atoms with Gasteiger partial charge in [-0.15, -0.1) is 5.10 Å². The van der Waals surface area contributed by atoms with Crippen molar-refractivity contribution < 1.29 is 27.0 Å². The number of benzene rings is 4. The van der Waals surface area contributed by atoms with Gasteiger partial charge in [-0.2, -0.15) is 18.2 Å². The van der Waals surface area contributed by atoms with Crippen LogP contribution in [0.1, 0.15) is 27.8 Å². The topological polar surface area (TPSA) is 64.4 Å². The van der Waals surface area contributed by atoms with E-state index in [2.05, 4.69) is 15.4 Å². The smallest absolute Gasteiger partial charge is 0.419 e. The molecule has 0 spiro atoms. The molecule has 0 atom stereocenters. The molecule has 0 radical (unpaired) electrons. The lowest BCUT2D eigenvalue weighted by molar-refractivity contribution is -0.139. The number of hydrogen-bond acceptors (Lipinski definition) is 6. The predicted molar refractivity (Wildman–Crippen MR) is 161 cm³/mol. The molecule has 7 nitrogen and oxygen atoms in total. The standard InChI is InChI=1S/C33H31F4N5O2/c1-22-7-9-23(10-8-22)19-41(20-24-11-15-26(43-2)16-12-24)32-39-31(38-29-6-4-5-28(30(29)34)33(35,36)37)40-42(32)21-25-13-17-27(44-3)18-14-25/h4-18H,19-21H2,1-3H3,(H,38,40). The number of nitrogens with zero attached hydrogens (tertiary/aromatic N) is 4. The molecule has 0 unspecified atom stereocenters. The van der Waals surface area contributed by atoms with E-state index in [1.54, 1.807) is 18.9 Å². The zero-order chi connectivity index (χ0) is 31.3. The first-order valence-electron chi connectivity index (χ1n) is 13.8. The molecule has 5 rings (SSSR count). The molecule has 0 aliphatic carbocycles. The van der Waals surface area contributed by atoms with E-state index in [1.165, 1.54) is 6.07 Å². The van der Waals surface area contributed by atoms with Gasteiger partial charge in [-0.05, 0) is 60.0 Å². The summed E-state index contributed by atoms with van der Waals surface area (Å²) in [6, 6.07) is 26.2. The number of aryl methyl sites for hydroxylation is 1. The molecule has 4 aromatic carbocycles. The molecular formula is C33H31F4N5O2. The van der Waals surface area contributed by atoms with Gasteiger partial charge in [-0.25, -0.2) is 9.07 Å². The van der Waals surface area contributed by atoms with Crippen LogP contribution in [0.25, 0.3) is 0 Å². The maximum Gasteiger partial charge on any atom is 0.419 e. The van der Waals surface area contributed by atoms with Crippen LogP contribution in [0.5, 0.6) is 11.5 Å². The van der Waals surface area contributed by atoms with Crippen molar-refractivity contribution in [1.82, 2.24) is 14.8 Å². The van der Waals surface area contributed by atoms with Gasteiger partial charge in [0.05, 0.1) is 32.0 Å². The average molecular weight is 606 g/mol. The van der Waals surface area contributed by atoms with Gasteiger partial charge in [0.1, 0.15) is 11.5 Å². The Labute approximate surface area is 252 Å². The Morgan fingerprint density at radius 2 is 1.32 bits per heavy atom. The minimum atomic E-state index is -4.85. The van der Waals surface area contributed by atoms with Gasteiger partial charge in [0, 0.05) is 13.1 Å². The highest BCUT2D eigenvalue weighted by atomic mass is 19.4. The van der Waals surface area contributed by atoms with Crippen molar-refractivity contribution in [2.24, 2.45) is 0 Å². The molecule has 228 valence electrons. The van der Waals surface area contributed by atoms with E-state index < -0.39 is 17.6 Å². The number of hydrogen-bond donors (Lipinski definition) is 1. The summed E-state index contributed by atoms with van der Waals surface area (Å²) in [5.41, 5.74) is 2.23. The van der Waals surface area contributed by atoms with Gasteiger partial charge in [0.2, 0.25) is 11.9 Å². The molecule has 0 saturated heterocycles. The zero-order valence-electron chi connectivity index (χ0n) is 24.4. The highest BCUT2D eigenvalue weighted by molar-refractivity contribution is 5.57. The predicted octanol–water partition coefficient (Wildman–Crippen LogP) is 7.76. The Morgan fingerprint density at radius 1 is 0.773 bits per heavy atom. The number of aromatic nitrogens is 3. The number of rotatable bonds is 11. The summed E-state index contributed by atoms with van der Waals surface area (Å²) in [5.74, 6) is 0.372. The second-order valence-corrected chi connectivity index (χ2v) is 10.2. The quantitative estimate of drug-likeness (QED) is 0.155. The summed E-state index contributed by atoms with van der Waals surface area (Å²) in [4.78, 5) is 6.69. The fourth-order valence-electron chi connectivity index (χ4n) is 4.66. The Morgan fingerprint density at radius 3 is 1.86 bits per heavy atom. The summed E-state index contributed by atoms with van der Waals surface area (Å²) in [5, 5.41) is 7.25. The Balaban J connectivity index is 1.56. The summed E-state index contributed by atoms with van der Waals surface area (Å²) < 4.78 is 67.4. The first-order valence-corrected chi connectivity index (χ1v) is 13.8. The number of alkyl halides is 3. The highest BCUT2D eigenvalue weighted by Crippen LogP contribution is 2.35. The van der Waals surface area contributed by atoms with Gasteiger partial charge >= 0.3 is 6.18 Å². The van der Waals surface area contributed by atoms with Crippen LogP contribution >= 0.6 is 0 Å². The van der Waals surface area contributed by atoms with Crippen molar-refractivity contribution >= 4 is 17.6 Å². The first kappa shape index (κ1) is 30.4. The molecule has 0 saturated carbocycles. The largest absolute Gasteiger partial charge is 0.497 e. The van der Waals surface area contributed by atoms with Crippen molar-refractivity contribution in [3.63, 3.8) is 0 Å². The van der Waals surface area contributed by atoms with Crippen molar-refractivity contribution in [2.45, 2.75) is 32.7 Å². The lowest BCUT2D eigenvalue weighted by Gasteiger charge is -2.24. The summed E-state index contributed by atoms with van der Waals surface area (Å²) in [7, 11) is 3.18. The number of ether oxygens (including phenoxy) is 2. The molecule has 44 heavy (non-hydrogen) atoms. The molecule has 1 aromatic heterocycles. The van der Waals surface area contributed by atoms with Crippen LogP contribution in [0.3, 0.4) is 0 Å². The van der Waals surface area contributed by atoms with E-state index in [0.717, 1.165) is 34.1 Å². The van der Waals surface area contributed by atoms with E-state index >= 15 is 0 Å². The number of nitrogens with one attached hydrogen (secondary N) is 1. The third-order valence-corrected chi connectivity index (χ3v) is 7.00. The van der Waals surface area contributed by atoms with Crippen LogP contribution < -0.4 is 19.7 Å². The third kappa shape index (κ3) is 7.28. The number of methoxy groups -OCH3 is 2. The van der Waals surface area contributed by atoms with Crippen LogP contribution in [0.4, 0.5) is 35.1 Å². The molecule has 11 heteroatoms. The highest BCUT2D eigenvalue weighted by Gasteiger charge is 2.35. The lowest BCUT2D eigenvalue weighted by Crippen LogP contribution is -2.26. The van der Waals surface area contributed by atoms with Crippen LogP contribution in [0.2, 0.25) is 0 Å². The monoisotopic (exact) mass is 605 g/mol. The maximum absolute atomic E-state index is 14.9. The summed E-state index contributed by atoms with van der Waals surface area (Å²) in [6.45, 7) is 3.17. The number of halogens is 4. The molecule has 0 aliphatic heterocycles. The van der Waals surface area contributed by atoms with E-state index in [-0.39, 0.29) is 18.2 Å². The van der Waals surface area contributed by atoms with Crippen molar-refractivity contribution in [2.75, 3.05) is 24.4 Å². The summed E-state index contributed by atoms with van der Waals surface area (Å²) in [6.07, 6.45) is -4.85. The Bertz CT molecular complexity index is 1690. The van der Waals surface area contributed by atoms with Crippen LogP contribution in [-0.4, -0.2) is 29.0 Å². The lowest BCUT2D eigenvalue weighted by atomic mass is 10.1. The van der Waals surface area contributed by atoms with Crippen molar-refractivity contribution in [1.29, 1.82) is 0 Å². The molecule has 1 N–H and O–H groups in total. The molecule has 1 heterocycles. The van der Waals surface area contributed by atoms with Gasteiger partial charge in [-0.3, -0.25) is 0 Å². The molecule has 0 fully saturated rings. The molecule has 0 amide bonds. The minimum absolute atomic E-state index is 0.0460. The van der Waals surface area contributed by atoms with Crippen LogP contribution in [0, 0.1) is 12.7 Å². The average Bonchev–Trinajstić information content (AvgIpc) is 3.41. The van der Waals surface area contributed by atoms with E-state index in [1.807, 2.05) is 84.6 Å². The molecule has 0 bridgehead atoms. The molecule has 5 aromatic rings. The van der Waals surface area contributed by atoms with Gasteiger partial charge in [0.15, 0.2) is 5.82 Å². The summed E-state index contributed by atoms with van der Waals surface area (Å²) >= 11 is 0. The van der Waals surface area contributed by atoms with E-state index in [9.17, 15) is 17.6 Å². The van der Waals surface area contributed by atoms with E-state index in [4.69, 9.17) is 9.47 Å². The SMILES string of the molecule is COc1ccc(CN(Cc2ccc(C)cc2)c2nc(Nc3cccc(C(F)(F)F)c3F)nn2Cc2ccc(OC)cc2)cc1. The Kier molecular flexibility index (Phi) is 9.03. The van der Waals surface area contributed by atoms with Gasteiger partial charge in [0.25, 0.3) is 0 Å². The number of anilines is 3.